The predicted octanol–water partition coefficient (Wildman–Crippen LogP) is 14.2. The van der Waals surface area contributed by atoms with Crippen LogP contribution in [0, 0.1) is 0 Å². The Morgan fingerprint density at radius 2 is 0.926 bits per heavy atom. The van der Waals surface area contributed by atoms with E-state index in [1.54, 1.807) is 0 Å². The Labute approximate surface area is 316 Å². The van der Waals surface area contributed by atoms with Crippen LogP contribution in [0.4, 0.5) is 17.1 Å². The fraction of sp³-hybridized carbons (Fsp3) is 0.0385. The van der Waals surface area contributed by atoms with Gasteiger partial charge in [-0.1, -0.05) is 140 Å². The third kappa shape index (κ3) is 5.70. The van der Waals surface area contributed by atoms with Gasteiger partial charge in [0.05, 0.1) is 11.0 Å². The Bertz CT molecular complexity index is 2740. The molecule has 0 aliphatic heterocycles. The number of aromatic nitrogens is 1. The van der Waals surface area contributed by atoms with Crippen molar-refractivity contribution >= 4 is 44.9 Å². The first-order valence-corrected chi connectivity index (χ1v) is 18.8. The normalized spacial score (nSPS) is 12.2. The van der Waals surface area contributed by atoms with Gasteiger partial charge in [-0.2, -0.15) is 0 Å². The van der Waals surface area contributed by atoms with E-state index < -0.39 is 0 Å². The quantitative estimate of drug-likeness (QED) is 0.162. The van der Waals surface area contributed by atoms with E-state index in [-0.39, 0.29) is 0 Å². The first-order chi connectivity index (χ1) is 26.8. The van der Waals surface area contributed by atoms with Gasteiger partial charge in [-0.3, -0.25) is 0 Å². The van der Waals surface area contributed by atoms with Crippen LogP contribution in [-0.4, -0.2) is 4.57 Å². The molecule has 0 fully saturated rings. The van der Waals surface area contributed by atoms with Gasteiger partial charge in [0.25, 0.3) is 0 Å². The standard InChI is InChI=1S/C52H38N2/c1-2-12-37(13-3-1)41-16-10-17-42(36-41)38-24-28-43(29-25-38)53(44-30-26-40(27-31-44)48-21-11-15-39-14-4-5-18-47(39)48)45-32-34-46(35-33-45)54-51-22-8-6-19-49(51)50-20-7-9-23-52(50)54/h1-3,5-13,15-36H,4,14H2. The smallest absolute Gasteiger partial charge is 0.0541 e. The molecule has 256 valence electrons. The molecule has 8 aromatic carbocycles. The molecule has 10 rings (SSSR count). The van der Waals surface area contributed by atoms with Crippen LogP contribution in [0.15, 0.2) is 200 Å². The van der Waals surface area contributed by atoms with Crippen LogP contribution < -0.4 is 4.90 Å². The van der Waals surface area contributed by atoms with E-state index in [0.29, 0.717) is 0 Å². The maximum Gasteiger partial charge on any atom is 0.0541 e. The molecule has 0 radical (unpaired) electrons. The highest BCUT2D eigenvalue weighted by atomic mass is 15.1. The Hall–Kier alpha value is -6.90. The van der Waals surface area contributed by atoms with Gasteiger partial charge in [0.15, 0.2) is 0 Å². The second-order valence-corrected chi connectivity index (χ2v) is 14.1. The lowest BCUT2D eigenvalue weighted by Crippen LogP contribution is -2.10. The number of aryl methyl sites for hydroxylation is 1. The lowest BCUT2D eigenvalue weighted by Gasteiger charge is -2.26. The second-order valence-electron chi connectivity index (χ2n) is 14.1. The summed E-state index contributed by atoms with van der Waals surface area (Å²) in [5.41, 5.74) is 17.0. The van der Waals surface area contributed by atoms with Crippen molar-refractivity contribution in [1.82, 2.24) is 4.57 Å². The zero-order chi connectivity index (χ0) is 35.8. The summed E-state index contributed by atoms with van der Waals surface area (Å²) >= 11 is 0. The molecule has 0 bridgehead atoms. The zero-order valence-corrected chi connectivity index (χ0v) is 29.9. The van der Waals surface area contributed by atoms with Crippen molar-refractivity contribution in [2.45, 2.75) is 12.8 Å². The fourth-order valence-electron chi connectivity index (χ4n) is 8.22. The number of anilines is 3. The molecule has 0 amide bonds. The molecule has 0 unspecified atom stereocenters. The maximum absolute atomic E-state index is 2.38. The van der Waals surface area contributed by atoms with Gasteiger partial charge in [-0.15, -0.1) is 0 Å². The molecule has 0 atom stereocenters. The third-order valence-electron chi connectivity index (χ3n) is 10.9. The van der Waals surface area contributed by atoms with Gasteiger partial charge in [0.2, 0.25) is 0 Å². The van der Waals surface area contributed by atoms with E-state index in [2.05, 4.69) is 216 Å². The summed E-state index contributed by atoms with van der Waals surface area (Å²) < 4.78 is 2.38. The minimum atomic E-state index is 1.10. The Morgan fingerprint density at radius 1 is 0.407 bits per heavy atom. The predicted molar refractivity (Wildman–Crippen MR) is 229 cm³/mol. The molecule has 2 nitrogen and oxygen atoms in total. The molecule has 0 N–H and O–H groups in total. The summed E-state index contributed by atoms with van der Waals surface area (Å²) in [6.07, 6.45) is 6.80. The molecular weight excluding hydrogens is 653 g/mol. The molecule has 1 heterocycles. The van der Waals surface area contributed by atoms with Crippen LogP contribution in [0.25, 0.3) is 66.9 Å². The lowest BCUT2D eigenvalue weighted by atomic mass is 9.90. The van der Waals surface area contributed by atoms with Crippen LogP contribution in [0.2, 0.25) is 0 Å². The van der Waals surface area contributed by atoms with Crippen molar-refractivity contribution in [3.8, 4) is 39.1 Å². The Balaban J connectivity index is 1.05. The van der Waals surface area contributed by atoms with Crippen LogP contribution >= 0.6 is 0 Å². The summed E-state index contributed by atoms with van der Waals surface area (Å²) in [6.45, 7) is 0. The molecular formula is C52H38N2. The van der Waals surface area contributed by atoms with E-state index in [0.717, 1.165) is 35.6 Å². The molecule has 54 heavy (non-hydrogen) atoms. The SMILES string of the molecule is C1=Cc2c(cccc2-c2ccc(N(c3ccc(-c4cccc(-c5ccccc5)c4)cc3)c3ccc(-n4c5ccccc5c5ccccc54)cc3)cc2)CC1. The Kier molecular flexibility index (Phi) is 8.00. The molecule has 1 aromatic heterocycles. The van der Waals surface area contributed by atoms with Crippen molar-refractivity contribution in [3.63, 3.8) is 0 Å². The van der Waals surface area contributed by atoms with Crippen molar-refractivity contribution in [1.29, 1.82) is 0 Å². The van der Waals surface area contributed by atoms with Crippen LogP contribution in [-0.2, 0) is 6.42 Å². The molecule has 0 saturated heterocycles. The summed E-state index contributed by atoms with van der Waals surface area (Å²) in [4.78, 5) is 2.37. The summed E-state index contributed by atoms with van der Waals surface area (Å²) in [5, 5.41) is 2.53. The van der Waals surface area contributed by atoms with E-state index in [1.165, 1.54) is 66.3 Å². The second kappa shape index (κ2) is 13.6. The third-order valence-corrected chi connectivity index (χ3v) is 10.9. The highest BCUT2D eigenvalue weighted by Gasteiger charge is 2.17. The monoisotopic (exact) mass is 690 g/mol. The molecule has 0 saturated carbocycles. The van der Waals surface area contributed by atoms with Crippen LogP contribution in [0.5, 0.6) is 0 Å². The molecule has 1 aliphatic rings. The number of allylic oxidation sites excluding steroid dienone is 1. The average molecular weight is 691 g/mol. The van der Waals surface area contributed by atoms with Crippen LogP contribution in [0.3, 0.4) is 0 Å². The fourth-order valence-corrected chi connectivity index (χ4v) is 8.22. The number of hydrogen-bond acceptors (Lipinski definition) is 1. The van der Waals surface area contributed by atoms with Gasteiger partial charge in [-0.05, 0) is 124 Å². The van der Waals surface area contributed by atoms with Gasteiger partial charge in [0, 0.05) is 33.5 Å². The van der Waals surface area contributed by atoms with E-state index in [9.17, 15) is 0 Å². The van der Waals surface area contributed by atoms with Gasteiger partial charge >= 0.3 is 0 Å². The van der Waals surface area contributed by atoms with Crippen LogP contribution in [0.1, 0.15) is 17.5 Å². The largest absolute Gasteiger partial charge is 0.311 e. The highest BCUT2D eigenvalue weighted by Crippen LogP contribution is 2.40. The summed E-state index contributed by atoms with van der Waals surface area (Å²) in [7, 11) is 0. The van der Waals surface area contributed by atoms with Crippen molar-refractivity contribution in [2.75, 3.05) is 4.90 Å². The average Bonchev–Trinajstić information content (AvgIpc) is 3.59. The number of para-hydroxylation sites is 2. The maximum atomic E-state index is 2.38. The van der Waals surface area contributed by atoms with Gasteiger partial charge in [-0.25, -0.2) is 0 Å². The molecule has 0 spiro atoms. The summed E-state index contributed by atoms with van der Waals surface area (Å²) in [6, 6.07) is 70.6. The van der Waals surface area contributed by atoms with E-state index >= 15 is 0 Å². The van der Waals surface area contributed by atoms with E-state index in [1.807, 2.05) is 0 Å². The Morgan fingerprint density at radius 3 is 1.57 bits per heavy atom. The minimum absolute atomic E-state index is 1.10. The number of nitrogens with zero attached hydrogens (tertiary/aromatic N) is 2. The van der Waals surface area contributed by atoms with Gasteiger partial charge < -0.3 is 9.47 Å². The number of benzene rings is 8. The topological polar surface area (TPSA) is 8.17 Å². The van der Waals surface area contributed by atoms with E-state index in [4.69, 9.17) is 0 Å². The van der Waals surface area contributed by atoms with Crippen molar-refractivity contribution < 1.29 is 0 Å². The first-order valence-electron chi connectivity index (χ1n) is 18.8. The molecule has 1 aliphatic carbocycles. The first kappa shape index (κ1) is 31.8. The lowest BCUT2D eigenvalue weighted by molar-refractivity contribution is 0.986. The number of hydrogen-bond donors (Lipinski definition) is 0. The highest BCUT2D eigenvalue weighted by molar-refractivity contribution is 6.09. The van der Waals surface area contributed by atoms with Crippen molar-refractivity contribution in [3.05, 3.63) is 211 Å². The van der Waals surface area contributed by atoms with Crippen molar-refractivity contribution in [2.24, 2.45) is 0 Å². The number of rotatable bonds is 7. The zero-order valence-electron chi connectivity index (χ0n) is 29.9. The number of fused-ring (bicyclic) bond motifs is 4. The van der Waals surface area contributed by atoms with Gasteiger partial charge in [0.1, 0.15) is 0 Å². The summed E-state index contributed by atoms with van der Waals surface area (Å²) in [5.74, 6) is 0. The molecule has 2 heteroatoms. The molecule has 9 aromatic rings. The minimum Gasteiger partial charge on any atom is -0.311 e.